The molecule has 218 valence electrons. The van der Waals surface area contributed by atoms with Gasteiger partial charge in [-0.3, -0.25) is 14.3 Å². The normalized spacial score (nSPS) is 11.7. The summed E-state index contributed by atoms with van der Waals surface area (Å²) >= 11 is 0. The first kappa shape index (κ1) is 30.2. The highest BCUT2D eigenvalue weighted by molar-refractivity contribution is 5.98. The molecule has 42 heavy (non-hydrogen) atoms. The van der Waals surface area contributed by atoms with Crippen molar-refractivity contribution in [3.8, 4) is 17.0 Å². The minimum atomic E-state index is -1.37. The Bertz CT molecular complexity index is 1600. The second kappa shape index (κ2) is 12.0. The van der Waals surface area contributed by atoms with Gasteiger partial charge in [-0.05, 0) is 55.0 Å². The Morgan fingerprint density at radius 2 is 1.57 bits per heavy atom. The van der Waals surface area contributed by atoms with E-state index in [1.54, 1.807) is 42.5 Å². The van der Waals surface area contributed by atoms with Crippen LogP contribution in [0.2, 0.25) is 0 Å². The maximum absolute atomic E-state index is 13.4. The number of carbonyl (C=O) groups excluding carboxylic acids is 2. The fourth-order valence-electron chi connectivity index (χ4n) is 4.38. The van der Waals surface area contributed by atoms with Gasteiger partial charge < -0.3 is 15.2 Å². The third-order valence-electron chi connectivity index (χ3n) is 7.02. The van der Waals surface area contributed by atoms with E-state index in [4.69, 9.17) is 4.74 Å². The van der Waals surface area contributed by atoms with Crippen LogP contribution in [0.1, 0.15) is 72.2 Å². The van der Waals surface area contributed by atoms with Crippen LogP contribution < -0.4 is 10.1 Å². The molecule has 0 saturated heterocycles. The van der Waals surface area contributed by atoms with Crippen LogP contribution in [-0.4, -0.2) is 38.1 Å². The first-order chi connectivity index (χ1) is 19.7. The van der Waals surface area contributed by atoms with E-state index >= 15 is 0 Å². The number of rotatable bonds is 10. The number of Topliss-reactive ketones (excluding diaryl/α,β-unsaturated/α-hetero) is 1. The standard InChI is InChI=1S/C34H37N3O5/c1-22-18-23(12-17-30(22)42-34(5,6)32(40)41)20-35-31(39)28-19-27(24-13-15-26(16-14-24)33(2,3)4)36-37(28)21-29(38)25-10-8-7-9-11-25/h7-19H,20-21H2,1-6H3,(H,35,39)(H,40,41). The number of nitrogens with zero attached hydrogens (tertiary/aromatic N) is 2. The van der Waals surface area contributed by atoms with Crippen molar-refractivity contribution >= 4 is 17.7 Å². The van der Waals surface area contributed by atoms with Crippen molar-refractivity contribution in [3.63, 3.8) is 0 Å². The van der Waals surface area contributed by atoms with Crippen molar-refractivity contribution in [1.29, 1.82) is 0 Å². The summed E-state index contributed by atoms with van der Waals surface area (Å²) in [7, 11) is 0. The lowest BCUT2D eigenvalue weighted by atomic mass is 9.86. The highest BCUT2D eigenvalue weighted by Crippen LogP contribution is 2.27. The molecule has 0 radical (unpaired) electrons. The number of ether oxygens (including phenoxy) is 1. The van der Waals surface area contributed by atoms with Crippen molar-refractivity contribution < 1.29 is 24.2 Å². The van der Waals surface area contributed by atoms with Gasteiger partial charge >= 0.3 is 5.97 Å². The number of carboxylic acids is 1. The Labute approximate surface area is 246 Å². The molecule has 2 N–H and O–H groups in total. The summed E-state index contributed by atoms with van der Waals surface area (Å²) in [6, 6.07) is 24.0. The molecule has 1 aromatic heterocycles. The number of aliphatic carboxylic acids is 1. The summed E-state index contributed by atoms with van der Waals surface area (Å²) in [5.41, 5.74) is 3.62. The lowest BCUT2D eigenvalue weighted by Crippen LogP contribution is -2.38. The zero-order valence-electron chi connectivity index (χ0n) is 24.9. The molecule has 0 saturated carbocycles. The van der Waals surface area contributed by atoms with Gasteiger partial charge in [-0.2, -0.15) is 5.10 Å². The Morgan fingerprint density at radius 1 is 0.905 bits per heavy atom. The van der Waals surface area contributed by atoms with E-state index in [0.29, 0.717) is 17.0 Å². The van der Waals surface area contributed by atoms with Crippen LogP contribution in [0.5, 0.6) is 5.75 Å². The van der Waals surface area contributed by atoms with Crippen LogP contribution >= 0.6 is 0 Å². The second-order valence-corrected chi connectivity index (χ2v) is 11.9. The highest BCUT2D eigenvalue weighted by atomic mass is 16.5. The van der Waals surface area contributed by atoms with Gasteiger partial charge in [0.25, 0.3) is 5.91 Å². The van der Waals surface area contributed by atoms with Crippen molar-refractivity contribution in [2.24, 2.45) is 0 Å². The topological polar surface area (TPSA) is 111 Å². The first-order valence-electron chi connectivity index (χ1n) is 13.8. The lowest BCUT2D eigenvalue weighted by Gasteiger charge is -2.23. The SMILES string of the molecule is Cc1cc(CNC(=O)c2cc(-c3ccc(C(C)(C)C)cc3)nn2CC(=O)c2ccccc2)ccc1OC(C)(C)C(=O)O. The van der Waals surface area contributed by atoms with Crippen LogP contribution in [0.4, 0.5) is 0 Å². The van der Waals surface area contributed by atoms with Crippen molar-refractivity contribution in [2.45, 2.75) is 65.6 Å². The van der Waals surface area contributed by atoms with Crippen LogP contribution in [0.15, 0.2) is 78.9 Å². The number of carbonyl (C=O) groups is 3. The van der Waals surface area contributed by atoms with E-state index in [1.165, 1.54) is 24.1 Å². The zero-order valence-corrected chi connectivity index (χ0v) is 24.9. The summed E-state index contributed by atoms with van der Waals surface area (Å²) in [5.74, 6) is -1.13. The molecule has 8 nitrogen and oxygen atoms in total. The molecule has 0 atom stereocenters. The molecule has 1 amide bonds. The van der Waals surface area contributed by atoms with E-state index in [9.17, 15) is 19.5 Å². The molecule has 0 fully saturated rings. The second-order valence-electron chi connectivity index (χ2n) is 11.9. The molecule has 0 aliphatic rings. The van der Waals surface area contributed by atoms with E-state index in [0.717, 1.165) is 16.7 Å². The molecule has 4 rings (SSSR count). The van der Waals surface area contributed by atoms with Crippen LogP contribution in [0.3, 0.4) is 0 Å². The van der Waals surface area contributed by atoms with Gasteiger partial charge in [0.15, 0.2) is 11.4 Å². The van der Waals surface area contributed by atoms with Crippen LogP contribution in [0.25, 0.3) is 11.3 Å². The van der Waals surface area contributed by atoms with Gasteiger partial charge in [0.2, 0.25) is 0 Å². The smallest absolute Gasteiger partial charge is 0.347 e. The summed E-state index contributed by atoms with van der Waals surface area (Å²) < 4.78 is 7.13. The number of aryl methyl sites for hydroxylation is 1. The third kappa shape index (κ3) is 7.13. The number of hydrogen-bond donors (Lipinski definition) is 2. The molecule has 0 aliphatic heterocycles. The van der Waals surface area contributed by atoms with Gasteiger partial charge in [0.1, 0.15) is 18.0 Å². The Balaban J connectivity index is 1.57. The maximum atomic E-state index is 13.4. The summed E-state index contributed by atoms with van der Waals surface area (Å²) in [6.07, 6.45) is 0. The number of amides is 1. The minimum absolute atomic E-state index is 0.000183. The predicted octanol–water partition coefficient (Wildman–Crippen LogP) is 6.21. The first-order valence-corrected chi connectivity index (χ1v) is 13.8. The third-order valence-corrected chi connectivity index (χ3v) is 7.02. The molecule has 3 aromatic carbocycles. The Kier molecular flexibility index (Phi) is 8.66. The number of benzene rings is 3. The molecule has 1 heterocycles. The molecule has 0 unspecified atom stereocenters. The molecular weight excluding hydrogens is 530 g/mol. The van der Waals surface area contributed by atoms with Gasteiger partial charge in [-0.15, -0.1) is 0 Å². The van der Waals surface area contributed by atoms with Gasteiger partial charge in [-0.25, -0.2) is 4.79 Å². The molecular formula is C34H37N3O5. The van der Waals surface area contributed by atoms with Crippen molar-refractivity contribution in [1.82, 2.24) is 15.1 Å². The van der Waals surface area contributed by atoms with Gasteiger partial charge in [0, 0.05) is 17.7 Å². The Hall–Kier alpha value is -4.72. The number of hydrogen-bond acceptors (Lipinski definition) is 5. The number of ketones is 1. The largest absolute Gasteiger partial charge is 0.478 e. The van der Waals surface area contributed by atoms with Crippen molar-refractivity contribution in [2.75, 3.05) is 0 Å². The summed E-state index contributed by atoms with van der Waals surface area (Å²) in [6.45, 7) is 11.4. The molecule has 0 aliphatic carbocycles. The van der Waals surface area contributed by atoms with E-state index in [-0.39, 0.29) is 35.9 Å². The quantitative estimate of drug-likeness (QED) is 0.221. The van der Waals surface area contributed by atoms with Gasteiger partial charge in [-0.1, -0.05) is 87.5 Å². The average molecular weight is 568 g/mol. The number of carboxylic acid groups (broad SMARTS) is 1. The molecule has 8 heteroatoms. The molecule has 0 bridgehead atoms. The van der Waals surface area contributed by atoms with Crippen LogP contribution in [0, 0.1) is 6.92 Å². The molecule has 0 spiro atoms. The minimum Gasteiger partial charge on any atom is -0.478 e. The van der Waals surface area contributed by atoms with Gasteiger partial charge in [0.05, 0.1) is 5.69 Å². The van der Waals surface area contributed by atoms with Crippen LogP contribution in [-0.2, 0) is 23.3 Å². The van der Waals surface area contributed by atoms with Crippen molar-refractivity contribution in [3.05, 3.63) is 107 Å². The zero-order chi connectivity index (χ0) is 30.7. The maximum Gasteiger partial charge on any atom is 0.347 e. The fraction of sp³-hybridized carbons (Fsp3) is 0.294. The summed E-state index contributed by atoms with van der Waals surface area (Å²) in [5, 5.41) is 16.9. The summed E-state index contributed by atoms with van der Waals surface area (Å²) in [4.78, 5) is 37.9. The van der Waals surface area contributed by atoms with E-state index in [2.05, 4.69) is 43.3 Å². The monoisotopic (exact) mass is 567 g/mol. The fourth-order valence-corrected chi connectivity index (χ4v) is 4.38. The van der Waals surface area contributed by atoms with E-state index < -0.39 is 11.6 Å². The highest BCUT2D eigenvalue weighted by Gasteiger charge is 2.30. The molecule has 4 aromatic rings. The average Bonchev–Trinajstić information content (AvgIpc) is 3.36. The number of nitrogens with one attached hydrogen (secondary N) is 1. The predicted molar refractivity (Wildman–Crippen MR) is 162 cm³/mol. The Morgan fingerprint density at radius 3 is 2.17 bits per heavy atom. The number of aromatic nitrogens is 2. The van der Waals surface area contributed by atoms with E-state index in [1.807, 2.05) is 31.2 Å². The lowest BCUT2D eigenvalue weighted by molar-refractivity contribution is -0.152.